The zero-order valence-corrected chi connectivity index (χ0v) is 33.8. The zero-order chi connectivity index (χ0) is 39.9. The molecule has 0 aliphatic heterocycles. The molecule has 16 heteroatoms. The molecule has 2 aromatic heterocycles. The van der Waals surface area contributed by atoms with E-state index in [-0.39, 0.29) is 48.4 Å². The number of nitrogens with one attached hydrogen (secondary N) is 1. The molecule has 6 aromatic rings. The number of carbonyl (C=O) groups excluding carboxylic acids is 1. The Morgan fingerprint density at radius 1 is 0.724 bits per heavy atom. The van der Waals surface area contributed by atoms with Crippen LogP contribution in [0.15, 0.2) is 133 Å². The summed E-state index contributed by atoms with van der Waals surface area (Å²) in [7, 11) is 0.562. The van der Waals surface area contributed by atoms with E-state index in [4.69, 9.17) is 14.2 Å². The van der Waals surface area contributed by atoms with E-state index in [2.05, 4.69) is 15.3 Å². The number of aromatic nitrogens is 2. The number of sulfonamides is 1. The van der Waals surface area contributed by atoms with E-state index in [0.717, 1.165) is 28.3 Å². The molecule has 304 valence electrons. The Morgan fingerprint density at radius 2 is 1.36 bits per heavy atom. The highest BCUT2D eigenvalue weighted by Gasteiger charge is 2.33. The molecule has 1 N–H and O–H groups in total. The molecule has 0 aliphatic carbocycles. The maximum Gasteiger partial charge on any atom is 0.416 e. The van der Waals surface area contributed by atoms with Crippen LogP contribution in [0.25, 0.3) is 22.4 Å². The summed E-state index contributed by atoms with van der Waals surface area (Å²) in [4.78, 5) is 21.3. The molecule has 0 atom stereocenters. The zero-order valence-electron chi connectivity index (χ0n) is 31.4. The fraction of sp³-hybridized carbons (Fsp3) is 0.167. The van der Waals surface area contributed by atoms with Crippen molar-refractivity contribution in [3.63, 3.8) is 0 Å². The van der Waals surface area contributed by atoms with Crippen molar-refractivity contribution in [2.24, 2.45) is 0 Å². The average molecular weight is 856 g/mol. The van der Waals surface area contributed by atoms with Crippen LogP contribution in [-0.2, 0) is 40.5 Å². The third-order valence-electron chi connectivity index (χ3n) is 8.90. The number of carbonyl (C=O) groups is 1. The lowest BCUT2D eigenvalue weighted by molar-refractivity contribution is -0.138. The first-order valence-electron chi connectivity index (χ1n) is 17.2. The van der Waals surface area contributed by atoms with Crippen LogP contribution < -0.4 is 19.5 Å². The van der Waals surface area contributed by atoms with Gasteiger partial charge in [-0.3, -0.25) is 14.8 Å². The number of hydrogen-bond acceptors (Lipinski definition) is 8. The Labute approximate surface area is 346 Å². The average Bonchev–Trinajstić information content (AvgIpc) is 3.20. The van der Waals surface area contributed by atoms with Gasteiger partial charge in [0.2, 0.25) is 21.7 Å². The van der Waals surface area contributed by atoms with Crippen molar-refractivity contribution in [3.8, 4) is 39.6 Å². The largest absolute Gasteiger partial charge is 0.493 e. The number of pyridine rings is 2. The van der Waals surface area contributed by atoms with Gasteiger partial charge in [-0.05, 0) is 76.3 Å². The van der Waals surface area contributed by atoms with Crippen molar-refractivity contribution in [3.05, 3.63) is 150 Å². The van der Waals surface area contributed by atoms with E-state index in [1.165, 1.54) is 50.0 Å². The van der Waals surface area contributed by atoms with Crippen molar-refractivity contribution in [1.82, 2.24) is 14.3 Å². The van der Waals surface area contributed by atoms with Gasteiger partial charge >= 0.3 is 6.18 Å². The van der Waals surface area contributed by atoms with Gasteiger partial charge in [-0.15, -0.1) is 24.8 Å². The Kier molecular flexibility index (Phi) is 15.3. The molecule has 2 heterocycles. The van der Waals surface area contributed by atoms with Gasteiger partial charge in [-0.1, -0.05) is 60.7 Å². The molecule has 0 radical (unpaired) electrons. The molecule has 6 rings (SSSR count). The summed E-state index contributed by atoms with van der Waals surface area (Å²) in [5.41, 5.74) is 3.57. The van der Waals surface area contributed by atoms with Gasteiger partial charge in [0.25, 0.3) is 0 Å². The number of hydrogen-bond donors (Lipinski definition) is 1. The number of benzene rings is 4. The van der Waals surface area contributed by atoms with Gasteiger partial charge in [-0.25, -0.2) is 8.42 Å². The van der Waals surface area contributed by atoms with Gasteiger partial charge in [-0.2, -0.15) is 17.5 Å². The first-order chi connectivity index (χ1) is 26.9. The summed E-state index contributed by atoms with van der Waals surface area (Å²) in [6.07, 6.45) is -0.356. The molecule has 4 aromatic carbocycles. The second-order valence-corrected chi connectivity index (χ2v) is 14.5. The molecule has 0 saturated heterocycles. The lowest BCUT2D eigenvalue weighted by Crippen LogP contribution is -2.30. The minimum Gasteiger partial charge on any atom is -0.493 e. The maximum atomic E-state index is 14.2. The number of nitrogens with zero attached hydrogens (tertiary/aromatic N) is 3. The molecule has 0 saturated carbocycles. The topological polar surface area (TPSA) is 120 Å². The van der Waals surface area contributed by atoms with Gasteiger partial charge in [0.1, 0.15) is 0 Å². The first-order valence-corrected chi connectivity index (χ1v) is 18.6. The van der Waals surface area contributed by atoms with Crippen LogP contribution in [0.5, 0.6) is 17.2 Å². The molecule has 0 spiro atoms. The minimum absolute atomic E-state index is 0. The maximum absolute atomic E-state index is 14.2. The van der Waals surface area contributed by atoms with Gasteiger partial charge < -0.3 is 19.5 Å². The van der Waals surface area contributed by atoms with Crippen molar-refractivity contribution in [2.75, 3.05) is 26.6 Å². The third kappa shape index (κ3) is 10.6. The summed E-state index contributed by atoms with van der Waals surface area (Å²) in [5, 5.41) is 2.60. The fourth-order valence-corrected chi connectivity index (χ4v) is 7.51. The summed E-state index contributed by atoms with van der Waals surface area (Å²) in [5.74, 6) is 0.775. The molecular weight excluding hydrogens is 816 g/mol. The second-order valence-electron chi connectivity index (χ2n) is 12.6. The molecule has 1 amide bonds. The summed E-state index contributed by atoms with van der Waals surface area (Å²) in [6, 6.07) is 29.2. The van der Waals surface area contributed by atoms with Crippen LogP contribution >= 0.6 is 24.8 Å². The Hall–Kier alpha value is -5.67. The van der Waals surface area contributed by atoms with Gasteiger partial charge in [0, 0.05) is 31.0 Å². The van der Waals surface area contributed by atoms with Crippen LogP contribution in [0.4, 0.5) is 18.9 Å². The lowest BCUT2D eigenvalue weighted by atomic mass is 10.0. The normalized spacial score (nSPS) is 11.2. The molecule has 58 heavy (non-hydrogen) atoms. The SMILES string of the molecule is COc1cc(-c2ccc(S(=O)(=O)N(Cc3ccc(-c4ccc(NC(=O)Cc5ccccc5C(F)(F)F)cn4)cc3)Cc3cccnc3)cc2)cc(OC)c1OC.Cl.Cl. The molecular formula is C42H39Cl2F3N4O6S. The predicted octanol–water partition coefficient (Wildman–Crippen LogP) is 9.27. The highest BCUT2D eigenvalue weighted by molar-refractivity contribution is 7.89. The van der Waals surface area contributed by atoms with E-state index in [9.17, 15) is 26.4 Å². The predicted molar refractivity (Wildman–Crippen MR) is 220 cm³/mol. The van der Waals surface area contributed by atoms with E-state index < -0.39 is 34.1 Å². The van der Waals surface area contributed by atoms with Gasteiger partial charge in [0.15, 0.2) is 11.5 Å². The van der Waals surface area contributed by atoms with Crippen LogP contribution in [0, 0.1) is 0 Å². The minimum atomic E-state index is -4.57. The van der Waals surface area contributed by atoms with Crippen molar-refractivity contribution < 1.29 is 40.6 Å². The number of anilines is 1. The number of alkyl halides is 3. The Morgan fingerprint density at radius 3 is 1.93 bits per heavy atom. The number of ether oxygens (including phenoxy) is 3. The second kappa shape index (κ2) is 19.7. The number of halogens is 5. The quantitative estimate of drug-likeness (QED) is 0.115. The van der Waals surface area contributed by atoms with Crippen LogP contribution in [-0.4, -0.2) is 49.9 Å². The van der Waals surface area contributed by atoms with E-state index in [1.54, 1.807) is 67.0 Å². The highest BCUT2D eigenvalue weighted by atomic mass is 35.5. The monoisotopic (exact) mass is 854 g/mol. The smallest absolute Gasteiger partial charge is 0.416 e. The number of methoxy groups -OCH3 is 3. The third-order valence-corrected chi connectivity index (χ3v) is 10.7. The number of amides is 1. The molecule has 0 bridgehead atoms. The van der Waals surface area contributed by atoms with E-state index in [1.807, 2.05) is 30.3 Å². The Bertz CT molecular complexity index is 2380. The van der Waals surface area contributed by atoms with Crippen molar-refractivity contribution in [1.29, 1.82) is 0 Å². The molecule has 0 fully saturated rings. The number of rotatable bonds is 14. The fourth-order valence-electron chi connectivity index (χ4n) is 6.09. The summed E-state index contributed by atoms with van der Waals surface area (Å²) in [6.45, 7) is 0.130. The highest BCUT2D eigenvalue weighted by Crippen LogP contribution is 2.41. The van der Waals surface area contributed by atoms with Crippen LogP contribution in [0.3, 0.4) is 0 Å². The van der Waals surface area contributed by atoms with Crippen molar-refractivity contribution >= 4 is 46.4 Å². The molecule has 0 aliphatic rings. The summed E-state index contributed by atoms with van der Waals surface area (Å²) >= 11 is 0. The van der Waals surface area contributed by atoms with E-state index >= 15 is 0 Å². The Balaban J connectivity index is 0.00000372. The van der Waals surface area contributed by atoms with Crippen LogP contribution in [0.2, 0.25) is 0 Å². The molecule has 0 unspecified atom stereocenters. The molecule has 10 nitrogen and oxygen atoms in total. The standard InChI is InChI=1S/C42H37F3N4O6S.2ClH/c1-53-38-21-33(22-39(54-2)41(38)55-3)30-14-17-35(18-15-30)56(51,52)49(27-29-7-6-20-46-24-29)26-28-10-12-31(13-11-28)37-19-16-34(25-47-37)48-40(50)23-32-8-4-5-9-36(32)42(43,44)45;;/h4-22,24-25H,23,26-27H2,1-3H3,(H,48,50);2*1H. The summed E-state index contributed by atoms with van der Waals surface area (Å²) < 4.78 is 86.3. The first kappa shape index (κ1) is 45.0. The van der Waals surface area contributed by atoms with Crippen molar-refractivity contribution in [2.45, 2.75) is 30.6 Å². The van der Waals surface area contributed by atoms with Gasteiger partial charge in [0.05, 0.1) is 55.8 Å². The lowest BCUT2D eigenvalue weighted by Gasteiger charge is -2.23. The van der Waals surface area contributed by atoms with Crippen LogP contribution in [0.1, 0.15) is 22.3 Å². The van der Waals surface area contributed by atoms with E-state index in [0.29, 0.717) is 34.2 Å².